The van der Waals surface area contributed by atoms with Gasteiger partial charge in [-0.2, -0.15) is 0 Å². The molecule has 1 heterocycles. The molecule has 126 valence electrons. The van der Waals surface area contributed by atoms with Gasteiger partial charge < -0.3 is 5.32 Å². The van der Waals surface area contributed by atoms with Gasteiger partial charge in [-0.05, 0) is 62.1 Å². The fourth-order valence-electron chi connectivity index (χ4n) is 3.24. The zero-order chi connectivity index (χ0) is 17.5. The van der Waals surface area contributed by atoms with Crippen molar-refractivity contribution in [3.8, 4) is 0 Å². The Kier molecular flexibility index (Phi) is 4.09. The molecule has 5 nitrogen and oxygen atoms in total. The Labute approximate surface area is 142 Å². The van der Waals surface area contributed by atoms with E-state index in [-0.39, 0.29) is 5.91 Å². The molecule has 0 radical (unpaired) electrons. The normalized spacial score (nSPS) is 14.0. The number of sulfonamides is 1. The molecule has 0 unspecified atom stereocenters. The summed E-state index contributed by atoms with van der Waals surface area (Å²) in [6, 6.07) is 8.92. The average molecular weight is 344 g/mol. The summed E-state index contributed by atoms with van der Waals surface area (Å²) in [6.07, 6.45) is 1.03. The van der Waals surface area contributed by atoms with Gasteiger partial charge in [-0.3, -0.25) is 9.52 Å². The van der Waals surface area contributed by atoms with Crippen molar-refractivity contribution in [1.29, 1.82) is 0 Å². The maximum absolute atomic E-state index is 12.8. The van der Waals surface area contributed by atoms with Crippen molar-refractivity contribution in [2.24, 2.45) is 0 Å². The van der Waals surface area contributed by atoms with Gasteiger partial charge in [0.25, 0.3) is 10.0 Å². The standard InChI is InChI=1S/C18H20N2O3S/c1-11-8-12(2)18(13(3)9-11)24(22,23)20-15-5-6-16-14(10-15)4-7-17(21)19-16/h5-6,8-10,20H,4,7H2,1-3H3,(H,19,21). The molecule has 0 atom stereocenters. The Balaban J connectivity index is 1.95. The summed E-state index contributed by atoms with van der Waals surface area (Å²) in [5.41, 5.74) is 4.68. The van der Waals surface area contributed by atoms with Gasteiger partial charge >= 0.3 is 0 Å². The largest absolute Gasteiger partial charge is 0.326 e. The number of carbonyl (C=O) groups excluding carboxylic acids is 1. The lowest BCUT2D eigenvalue weighted by atomic mass is 10.0. The van der Waals surface area contributed by atoms with Crippen LogP contribution >= 0.6 is 0 Å². The third kappa shape index (κ3) is 3.14. The summed E-state index contributed by atoms with van der Waals surface area (Å²) >= 11 is 0. The molecule has 1 amide bonds. The summed E-state index contributed by atoms with van der Waals surface area (Å²) in [5.74, 6) is -0.0123. The number of hydrogen-bond donors (Lipinski definition) is 2. The van der Waals surface area contributed by atoms with Gasteiger partial charge in [0, 0.05) is 17.8 Å². The Bertz CT molecular complexity index is 910. The zero-order valence-electron chi connectivity index (χ0n) is 13.9. The summed E-state index contributed by atoms with van der Waals surface area (Å²) in [5, 5.41) is 2.79. The van der Waals surface area contributed by atoms with Crippen LogP contribution in [0.5, 0.6) is 0 Å². The molecule has 1 aliphatic rings. The number of hydrogen-bond acceptors (Lipinski definition) is 3. The topological polar surface area (TPSA) is 75.3 Å². The van der Waals surface area contributed by atoms with Gasteiger partial charge in [0.2, 0.25) is 5.91 Å². The maximum Gasteiger partial charge on any atom is 0.262 e. The Morgan fingerprint density at radius 2 is 1.67 bits per heavy atom. The van der Waals surface area contributed by atoms with E-state index in [0.29, 0.717) is 23.4 Å². The van der Waals surface area contributed by atoms with Gasteiger partial charge in [-0.25, -0.2) is 8.42 Å². The van der Waals surface area contributed by atoms with Crippen molar-refractivity contribution < 1.29 is 13.2 Å². The smallest absolute Gasteiger partial charge is 0.262 e. The van der Waals surface area contributed by atoms with Crippen LogP contribution in [-0.2, 0) is 21.2 Å². The lowest BCUT2D eigenvalue weighted by Crippen LogP contribution is -2.20. The SMILES string of the molecule is Cc1cc(C)c(S(=O)(=O)Nc2ccc3c(c2)CCC(=O)N3)c(C)c1. The predicted octanol–water partition coefficient (Wildman–Crippen LogP) is 3.30. The minimum atomic E-state index is -3.67. The van der Waals surface area contributed by atoms with E-state index in [1.54, 1.807) is 32.0 Å². The molecule has 2 N–H and O–H groups in total. The molecule has 2 aromatic rings. The van der Waals surface area contributed by atoms with Crippen molar-refractivity contribution in [2.45, 2.75) is 38.5 Å². The second-order valence-electron chi connectivity index (χ2n) is 6.25. The van der Waals surface area contributed by atoms with Crippen LogP contribution < -0.4 is 10.0 Å². The summed E-state index contributed by atoms with van der Waals surface area (Å²) in [4.78, 5) is 11.7. The van der Waals surface area contributed by atoms with Crippen LogP contribution in [0.2, 0.25) is 0 Å². The molecule has 0 saturated heterocycles. The van der Waals surface area contributed by atoms with E-state index in [4.69, 9.17) is 0 Å². The van der Waals surface area contributed by atoms with Crippen LogP contribution in [0.15, 0.2) is 35.2 Å². The van der Waals surface area contributed by atoms with Crippen LogP contribution in [0.1, 0.15) is 28.7 Å². The van der Waals surface area contributed by atoms with E-state index in [9.17, 15) is 13.2 Å². The maximum atomic E-state index is 12.8. The molecule has 0 bridgehead atoms. The molecule has 3 rings (SSSR count). The Morgan fingerprint density at radius 1 is 1.00 bits per heavy atom. The number of amides is 1. The van der Waals surface area contributed by atoms with Gasteiger partial charge in [0.05, 0.1) is 4.90 Å². The van der Waals surface area contributed by atoms with E-state index in [1.165, 1.54) is 0 Å². The van der Waals surface area contributed by atoms with Crippen LogP contribution in [0.3, 0.4) is 0 Å². The number of benzene rings is 2. The lowest BCUT2D eigenvalue weighted by molar-refractivity contribution is -0.116. The second kappa shape index (κ2) is 5.94. The highest BCUT2D eigenvalue weighted by Crippen LogP contribution is 2.28. The first-order valence-electron chi connectivity index (χ1n) is 7.80. The van der Waals surface area contributed by atoms with Crippen molar-refractivity contribution in [2.75, 3.05) is 10.0 Å². The Morgan fingerprint density at radius 3 is 2.33 bits per heavy atom. The molecule has 0 fully saturated rings. The molecular weight excluding hydrogens is 324 g/mol. The van der Waals surface area contributed by atoms with E-state index < -0.39 is 10.0 Å². The van der Waals surface area contributed by atoms with E-state index in [0.717, 1.165) is 27.9 Å². The highest BCUT2D eigenvalue weighted by atomic mass is 32.2. The quantitative estimate of drug-likeness (QED) is 0.897. The molecule has 0 saturated carbocycles. The highest BCUT2D eigenvalue weighted by Gasteiger charge is 2.21. The zero-order valence-corrected chi connectivity index (χ0v) is 14.8. The first kappa shape index (κ1) is 16.5. The number of nitrogens with one attached hydrogen (secondary N) is 2. The molecule has 1 aliphatic heterocycles. The minimum Gasteiger partial charge on any atom is -0.326 e. The van der Waals surface area contributed by atoms with Gasteiger partial charge in [-0.15, -0.1) is 0 Å². The van der Waals surface area contributed by atoms with Crippen LogP contribution in [0, 0.1) is 20.8 Å². The van der Waals surface area contributed by atoms with Crippen molar-refractivity contribution >= 4 is 27.3 Å². The van der Waals surface area contributed by atoms with Crippen molar-refractivity contribution in [3.63, 3.8) is 0 Å². The van der Waals surface area contributed by atoms with E-state index >= 15 is 0 Å². The molecule has 24 heavy (non-hydrogen) atoms. The van der Waals surface area contributed by atoms with Crippen molar-refractivity contribution in [1.82, 2.24) is 0 Å². The second-order valence-corrected chi connectivity index (χ2v) is 7.87. The monoisotopic (exact) mass is 344 g/mol. The summed E-state index contributed by atoms with van der Waals surface area (Å²) in [6.45, 7) is 5.55. The molecular formula is C18H20N2O3S. The average Bonchev–Trinajstić information content (AvgIpc) is 2.45. The molecule has 0 spiro atoms. The Hall–Kier alpha value is -2.34. The third-order valence-corrected chi connectivity index (χ3v) is 5.81. The van der Waals surface area contributed by atoms with E-state index in [2.05, 4.69) is 10.0 Å². The molecule has 2 aromatic carbocycles. The number of anilines is 2. The number of carbonyl (C=O) groups is 1. The van der Waals surface area contributed by atoms with E-state index in [1.807, 2.05) is 19.1 Å². The van der Waals surface area contributed by atoms with Gasteiger partial charge in [-0.1, -0.05) is 17.7 Å². The van der Waals surface area contributed by atoms with Crippen LogP contribution in [0.25, 0.3) is 0 Å². The highest BCUT2D eigenvalue weighted by molar-refractivity contribution is 7.92. The fraction of sp³-hybridized carbons (Fsp3) is 0.278. The van der Waals surface area contributed by atoms with Gasteiger partial charge in [0.15, 0.2) is 0 Å². The fourth-order valence-corrected chi connectivity index (χ4v) is 4.75. The number of aryl methyl sites for hydroxylation is 4. The first-order chi connectivity index (χ1) is 11.3. The third-order valence-electron chi connectivity index (χ3n) is 4.13. The van der Waals surface area contributed by atoms with Crippen molar-refractivity contribution in [3.05, 3.63) is 52.6 Å². The lowest BCUT2D eigenvalue weighted by Gasteiger charge is -2.19. The summed E-state index contributed by atoms with van der Waals surface area (Å²) in [7, 11) is -3.67. The molecule has 0 aliphatic carbocycles. The molecule has 6 heteroatoms. The predicted molar refractivity (Wildman–Crippen MR) is 94.9 cm³/mol. The van der Waals surface area contributed by atoms with Gasteiger partial charge in [0.1, 0.15) is 0 Å². The summed E-state index contributed by atoms with van der Waals surface area (Å²) < 4.78 is 28.2. The number of fused-ring (bicyclic) bond motifs is 1. The van der Waals surface area contributed by atoms with Crippen LogP contribution in [-0.4, -0.2) is 14.3 Å². The number of rotatable bonds is 3. The minimum absolute atomic E-state index is 0.0123. The first-order valence-corrected chi connectivity index (χ1v) is 9.28. The molecule has 0 aromatic heterocycles. The van der Waals surface area contributed by atoms with Crippen LogP contribution in [0.4, 0.5) is 11.4 Å².